The van der Waals surface area contributed by atoms with Crippen LogP contribution in [0.1, 0.15) is 15.9 Å². The highest BCUT2D eigenvalue weighted by atomic mass is 35.5. The molecule has 0 fully saturated rings. The Morgan fingerprint density at radius 1 is 1.00 bits per heavy atom. The van der Waals surface area contributed by atoms with Gasteiger partial charge in [0.15, 0.2) is 0 Å². The SMILES string of the molecule is COc1ccc2cc(-c3cc4nc(Oc5ccc(C)c(C(=O)O)c5)[nH]c4cc3Cl)ccc2n1. The van der Waals surface area contributed by atoms with E-state index in [-0.39, 0.29) is 11.6 Å². The number of hydrogen-bond donors (Lipinski definition) is 2. The van der Waals surface area contributed by atoms with Gasteiger partial charge in [-0.3, -0.25) is 0 Å². The van der Waals surface area contributed by atoms with Gasteiger partial charge >= 0.3 is 5.97 Å². The van der Waals surface area contributed by atoms with Gasteiger partial charge in [-0.05, 0) is 60.5 Å². The maximum atomic E-state index is 11.4. The molecular formula is C25H18ClN3O4. The molecule has 5 aromatic rings. The fraction of sp³-hybridized carbons (Fsp3) is 0.0800. The second-order valence-electron chi connectivity index (χ2n) is 7.54. The van der Waals surface area contributed by atoms with Crippen molar-refractivity contribution in [3.05, 3.63) is 76.8 Å². The summed E-state index contributed by atoms with van der Waals surface area (Å²) in [5.74, 6) is -0.0772. The third kappa shape index (κ3) is 3.94. The van der Waals surface area contributed by atoms with Crippen LogP contribution in [-0.4, -0.2) is 33.1 Å². The Labute approximate surface area is 193 Å². The Kier molecular flexibility index (Phi) is 5.11. The maximum absolute atomic E-state index is 11.4. The van der Waals surface area contributed by atoms with E-state index in [1.54, 1.807) is 32.2 Å². The van der Waals surface area contributed by atoms with Crippen molar-refractivity contribution in [3.63, 3.8) is 0 Å². The lowest BCUT2D eigenvalue weighted by Gasteiger charge is -2.07. The Balaban J connectivity index is 1.50. The van der Waals surface area contributed by atoms with E-state index in [4.69, 9.17) is 21.1 Å². The first-order chi connectivity index (χ1) is 15.9. The summed E-state index contributed by atoms with van der Waals surface area (Å²) in [6, 6.07) is 18.4. The van der Waals surface area contributed by atoms with Crippen LogP contribution < -0.4 is 9.47 Å². The molecule has 5 rings (SSSR count). The summed E-state index contributed by atoms with van der Waals surface area (Å²) < 4.78 is 11.0. The summed E-state index contributed by atoms with van der Waals surface area (Å²) in [5, 5.41) is 10.8. The summed E-state index contributed by atoms with van der Waals surface area (Å²) in [6.07, 6.45) is 0. The van der Waals surface area contributed by atoms with E-state index in [1.807, 2.05) is 36.4 Å². The standard InChI is InChI=1S/C25H18ClN3O4/c1-13-3-6-16(10-17(13)24(30)31)33-25-28-21-11-18(19(26)12-22(21)29-25)14-4-7-20-15(9-14)5-8-23(27-20)32-2/h3-12H,1-2H3,(H,28,29)(H,30,31). The molecular weight excluding hydrogens is 442 g/mol. The molecule has 2 N–H and O–H groups in total. The highest BCUT2D eigenvalue weighted by molar-refractivity contribution is 6.34. The van der Waals surface area contributed by atoms with Gasteiger partial charge < -0.3 is 19.6 Å². The molecule has 0 unspecified atom stereocenters. The molecule has 0 spiro atoms. The molecule has 0 saturated carbocycles. The van der Waals surface area contributed by atoms with Crippen LogP contribution >= 0.6 is 11.6 Å². The van der Waals surface area contributed by atoms with Gasteiger partial charge in [0, 0.05) is 17.0 Å². The van der Waals surface area contributed by atoms with Gasteiger partial charge in [-0.15, -0.1) is 0 Å². The summed E-state index contributed by atoms with van der Waals surface area (Å²) in [6.45, 7) is 1.73. The first kappa shape index (κ1) is 20.8. The third-order valence-electron chi connectivity index (χ3n) is 5.39. The van der Waals surface area contributed by atoms with Crippen LogP contribution in [0.5, 0.6) is 17.6 Å². The van der Waals surface area contributed by atoms with Crippen LogP contribution in [0, 0.1) is 6.92 Å². The molecule has 8 heteroatoms. The van der Waals surface area contributed by atoms with Crippen molar-refractivity contribution in [2.24, 2.45) is 0 Å². The number of hydrogen-bond acceptors (Lipinski definition) is 5. The van der Waals surface area contributed by atoms with Crippen molar-refractivity contribution < 1.29 is 19.4 Å². The number of pyridine rings is 1. The number of fused-ring (bicyclic) bond motifs is 2. The summed E-state index contributed by atoms with van der Waals surface area (Å²) >= 11 is 6.59. The Morgan fingerprint density at radius 3 is 2.64 bits per heavy atom. The van der Waals surface area contributed by atoms with E-state index in [9.17, 15) is 9.90 Å². The summed E-state index contributed by atoms with van der Waals surface area (Å²) in [5.41, 5.74) is 4.78. The van der Waals surface area contributed by atoms with Crippen LogP contribution in [0.15, 0.2) is 60.7 Å². The van der Waals surface area contributed by atoms with Crippen molar-refractivity contribution in [3.8, 4) is 28.8 Å². The van der Waals surface area contributed by atoms with Gasteiger partial charge in [0.1, 0.15) is 5.75 Å². The molecule has 0 aliphatic carbocycles. The average Bonchev–Trinajstić information content (AvgIpc) is 3.19. The van der Waals surface area contributed by atoms with E-state index in [0.717, 1.165) is 22.0 Å². The predicted octanol–water partition coefficient (Wildman–Crippen LogP) is 6.24. The number of carbonyl (C=O) groups is 1. The maximum Gasteiger partial charge on any atom is 0.336 e. The van der Waals surface area contributed by atoms with Crippen molar-refractivity contribution in [1.29, 1.82) is 0 Å². The number of carboxylic acids is 1. The van der Waals surface area contributed by atoms with Crippen LogP contribution in [0.4, 0.5) is 0 Å². The number of benzene rings is 3. The van der Waals surface area contributed by atoms with Gasteiger partial charge in [-0.25, -0.2) is 9.78 Å². The van der Waals surface area contributed by atoms with Gasteiger partial charge in [0.25, 0.3) is 6.01 Å². The highest BCUT2D eigenvalue weighted by Crippen LogP contribution is 2.34. The van der Waals surface area contributed by atoms with Crippen molar-refractivity contribution in [1.82, 2.24) is 15.0 Å². The van der Waals surface area contributed by atoms with E-state index < -0.39 is 5.97 Å². The Bertz CT molecular complexity index is 1540. The van der Waals surface area contributed by atoms with Crippen LogP contribution in [0.3, 0.4) is 0 Å². The lowest BCUT2D eigenvalue weighted by Crippen LogP contribution is -2.00. The molecule has 0 atom stereocenters. The minimum absolute atomic E-state index is 0.178. The number of methoxy groups -OCH3 is 1. The molecule has 164 valence electrons. The molecule has 0 aliphatic rings. The number of nitrogens with zero attached hydrogens (tertiary/aromatic N) is 2. The number of H-pyrrole nitrogens is 1. The first-order valence-corrected chi connectivity index (χ1v) is 10.5. The van der Waals surface area contributed by atoms with Crippen molar-refractivity contribution >= 4 is 39.5 Å². The van der Waals surface area contributed by atoms with Crippen LogP contribution in [0.25, 0.3) is 33.1 Å². The third-order valence-corrected chi connectivity index (χ3v) is 5.70. The fourth-order valence-electron chi connectivity index (χ4n) is 3.67. The van der Waals surface area contributed by atoms with Crippen LogP contribution in [0.2, 0.25) is 5.02 Å². The number of aromatic amines is 1. The van der Waals surface area contributed by atoms with Crippen molar-refractivity contribution in [2.75, 3.05) is 7.11 Å². The van der Waals surface area contributed by atoms with E-state index in [1.165, 1.54) is 6.07 Å². The predicted molar refractivity (Wildman–Crippen MR) is 127 cm³/mol. The second kappa shape index (κ2) is 8.11. The average molecular weight is 460 g/mol. The summed E-state index contributed by atoms with van der Waals surface area (Å²) in [4.78, 5) is 23.4. The monoisotopic (exact) mass is 459 g/mol. The molecule has 2 aromatic heterocycles. The number of nitrogens with one attached hydrogen (secondary N) is 1. The molecule has 0 bridgehead atoms. The zero-order valence-corrected chi connectivity index (χ0v) is 18.5. The van der Waals surface area contributed by atoms with Gasteiger partial charge in [-0.2, -0.15) is 4.98 Å². The fourth-order valence-corrected chi connectivity index (χ4v) is 3.94. The largest absolute Gasteiger partial charge is 0.481 e. The van der Waals surface area contributed by atoms with E-state index in [2.05, 4.69) is 15.0 Å². The van der Waals surface area contributed by atoms with Gasteiger partial charge in [0.2, 0.25) is 5.88 Å². The molecule has 0 saturated heterocycles. The van der Waals surface area contributed by atoms with Gasteiger partial charge in [0.05, 0.1) is 34.2 Å². The van der Waals surface area contributed by atoms with Crippen LogP contribution in [-0.2, 0) is 0 Å². The number of imidazole rings is 1. The molecule has 0 amide bonds. The quantitative estimate of drug-likeness (QED) is 0.323. The number of aryl methyl sites for hydroxylation is 1. The van der Waals surface area contributed by atoms with E-state index >= 15 is 0 Å². The summed E-state index contributed by atoms with van der Waals surface area (Å²) in [7, 11) is 1.59. The topological polar surface area (TPSA) is 97.3 Å². The normalized spacial score (nSPS) is 11.1. The number of ether oxygens (including phenoxy) is 2. The Morgan fingerprint density at radius 2 is 1.85 bits per heavy atom. The van der Waals surface area contributed by atoms with Crippen molar-refractivity contribution in [2.45, 2.75) is 6.92 Å². The number of halogens is 1. The molecule has 2 heterocycles. The first-order valence-electron chi connectivity index (χ1n) is 10.1. The van der Waals surface area contributed by atoms with Gasteiger partial charge in [-0.1, -0.05) is 23.7 Å². The zero-order chi connectivity index (χ0) is 23.1. The lowest BCUT2D eigenvalue weighted by atomic mass is 10.0. The minimum Gasteiger partial charge on any atom is -0.481 e. The number of aromatic carboxylic acids is 1. The van der Waals surface area contributed by atoms with E-state index in [0.29, 0.717) is 33.2 Å². The Hall–Kier alpha value is -4.10. The second-order valence-corrected chi connectivity index (χ2v) is 7.94. The zero-order valence-electron chi connectivity index (χ0n) is 17.7. The number of aromatic nitrogens is 3. The molecule has 3 aromatic carbocycles. The molecule has 0 radical (unpaired) electrons. The molecule has 7 nitrogen and oxygen atoms in total. The minimum atomic E-state index is -1.01. The smallest absolute Gasteiger partial charge is 0.336 e. The lowest BCUT2D eigenvalue weighted by molar-refractivity contribution is 0.0695. The molecule has 33 heavy (non-hydrogen) atoms. The number of rotatable bonds is 5. The molecule has 0 aliphatic heterocycles. The number of carboxylic acid groups (broad SMARTS) is 1. The highest BCUT2D eigenvalue weighted by Gasteiger charge is 2.13.